The molecular formula is C12H10Cl2N2O2S. The van der Waals surface area contributed by atoms with Crippen molar-refractivity contribution in [3.05, 3.63) is 44.9 Å². The number of carbonyl (C=O) groups is 1. The van der Waals surface area contributed by atoms with Crippen LogP contribution in [-0.4, -0.2) is 16.1 Å². The lowest BCUT2D eigenvalue weighted by molar-refractivity contribution is 0.0702. The number of carboxylic acids is 1. The van der Waals surface area contributed by atoms with E-state index < -0.39 is 5.97 Å². The van der Waals surface area contributed by atoms with Crippen molar-refractivity contribution in [1.29, 1.82) is 0 Å². The van der Waals surface area contributed by atoms with Gasteiger partial charge in [0.2, 0.25) is 0 Å². The Morgan fingerprint density at radius 3 is 2.79 bits per heavy atom. The zero-order valence-corrected chi connectivity index (χ0v) is 12.2. The Kier molecular flexibility index (Phi) is 4.29. The zero-order valence-electron chi connectivity index (χ0n) is 9.85. The van der Waals surface area contributed by atoms with Crippen molar-refractivity contribution >= 4 is 45.6 Å². The number of nitrogens with one attached hydrogen (secondary N) is 1. The highest BCUT2D eigenvalue weighted by Gasteiger charge is 2.13. The van der Waals surface area contributed by atoms with Gasteiger partial charge in [-0.3, -0.25) is 0 Å². The van der Waals surface area contributed by atoms with Gasteiger partial charge in [0, 0.05) is 10.0 Å². The fraction of sp³-hybridized carbons (Fsp3) is 0.167. The second-order valence-corrected chi connectivity index (χ2v) is 5.74. The van der Waals surface area contributed by atoms with Gasteiger partial charge in [0.25, 0.3) is 0 Å². The summed E-state index contributed by atoms with van der Waals surface area (Å²) in [5, 5.41) is 13.6. The molecule has 0 aliphatic heterocycles. The molecule has 1 atom stereocenters. The van der Waals surface area contributed by atoms with E-state index in [1.54, 1.807) is 12.1 Å². The summed E-state index contributed by atoms with van der Waals surface area (Å²) in [5.74, 6) is -0.984. The second kappa shape index (κ2) is 5.77. The first kappa shape index (κ1) is 14.1. The van der Waals surface area contributed by atoms with Gasteiger partial charge in [-0.15, -0.1) is 0 Å². The van der Waals surface area contributed by atoms with Crippen LogP contribution in [0.1, 0.15) is 28.2 Å². The molecular weight excluding hydrogens is 307 g/mol. The Morgan fingerprint density at radius 2 is 2.21 bits per heavy atom. The third-order valence-electron chi connectivity index (χ3n) is 2.49. The Hall–Kier alpha value is -1.30. The molecule has 0 saturated heterocycles. The average Bonchev–Trinajstić information content (AvgIpc) is 2.77. The van der Waals surface area contributed by atoms with E-state index in [1.807, 2.05) is 13.0 Å². The minimum Gasteiger partial charge on any atom is -0.477 e. The number of aromatic carboxylic acids is 1. The van der Waals surface area contributed by atoms with Crippen LogP contribution in [0.25, 0.3) is 0 Å². The molecule has 0 amide bonds. The maximum atomic E-state index is 10.8. The minimum atomic E-state index is -0.984. The fourth-order valence-corrected chi connectivity index (χ4v) is 2.87. The fourth-order valence-electron chi connectivity index (χ4n) is 1.56. The number of rotatable bonds is 4. The van der Waals surface area contributed by atoms with Crippen LogP contribution in [0.15, 0.2) is 24.4 Å². The molecule has 4 nitrogen and oxygen atoms in total. The molecule has 1 heterocycles. The van der Waals surface area contributed by atoms with Crippen LogP contribution in [0.4, 0.5) is 5.13 Å². The molecule has 2 rings (SSSR count). The number of anilines is 1. The molecule has 0 bridgehead atoms. The molecule has 0 radical (unpaired) electrons. The number of thiazole rings is 1. The van der Waals surface area contributed by atoms with Crippen molar-refractivity contribution in [2.24, 2.45) is 0 Å². The lowest BCUT2D eigenvalue weighted by atomic mass is 10.1. The van der Waals surface area contributed by atoms with Gasteiger partial charge in [0.15, 0.2) is 5.13 Å². The highest BCUT2D eigenvalue weighted by Crippen LogP contribution is 2.29. The molecule has 0 aliphatic rings. The molecule has 1 aromatic carbocycles. The number of hydrogen-bond donors (Lipinski definition) is 2. The highest BCUT2D eigenvalue weighted by molar-refractivity contribution is 7.17. The van der Waals surface area contributed by atoms with Crippen LogP contribution < -0.4 is 5.32 Å². The smallest absolute Gasteiger partial charge is 0.347 e. The summed E-state index contributed by atoms with van der Waals surface area (Å²) >= 11 is 13.0. The normalized spacial score (nSPS) is 12.2. The number of halogens is 2. The predicted molar refractivity (Wildman–Crippen MR) is 77.6 cm³/mol. The first-order valence-corrected chi connectivity index (χ1v) is 6.95. The summed E-state index contributed by atoms with van der Waals surface area (Å²) in [6, 6.07) is 5.15. The molecule has 19 heavy (non-hydrogen) atoms. The standard InChI is InChI=1S/C12H10Cl2N2O2S/c1-6(8-3-2-7(13)4-9(8)14)16-12-15-5-10(19-12)11(17)18/h2-6H,1H3,(H,15,16)(H,17,18). The second-order valence-electron chi connectivity index (χ2n) is 3.87. The van der Waals surface area contributed by atoms with Gasteiger partial charge in [0.05, 0.1) is 12.2 Å². The largest absolute Gasteiger partial charge is 0.477 e. The van der Waals surface area contributed by atoms with Crippen molar-refractivity contribution in [2.45, 2.75) is 13.0 Å². The van der Waals surface area contributed by atoms with Gasteiger partial charge in [-0.2, -0.15) is 0 Å². The first-order valence-electron chi connectivity index (χ1n) is 5.38. The molecule has 0 fully saturated rings. The topological polar surface area (TPSA) is 62.2 Å². The summed E-state index contributed by atoms with van der Waals surface area (Å²) in [5.41, 5.74) is 0.873. The van der Waals surface area contributed by atoms with E-state index in [0.717, 1.165) is 16.9 Å². The highest BCUT2D eigenvalue weighted by atomic mass is 35.5. The third kappa shape index (κ3) is 3.37. The van der Waals surface area contributed by atoms with Crippen LogP contribution in [0.3, 0.4) is 0 Å². The molecule has 2 aromatic rings. The number of nitrogens with zero attached hydrogens (tertiary/aromatic N) is 1. The van der Waals surface area contributed by atoms with Crippen LogP contribution in [-0.2, 0) is 0 Å². The number of hydrogen-bond acceptors (Lipinski definition) is 4. The molecule has 0 saturated carbocycles. The summed E-state index contributed by atoms with van der Waals surface area (Å²) in [4.78, 5) is 15.0. The van der Waals surface area contributed by atoms with Gasteiger partial charge in [0.1, 0.15) is 4.88 Å². The monoisotopic (exact) mass is 316 g/mol. The van der Waals surface area contributed by atoms with Crippen molar-refractivity contribution in [2.75, 3.05) is 5.32 Å². The Labute approximate surface area is 124 Å². The Bertz CT molecular complexity index is 616. The van der Waals surface area contributed by atoms with Crippen molar-refractivity contribution in [3.8, 4) is 0 Å². The Morgan fingerprint density at radius 1 is 1.47 bits per heavy atom. The van der Waals surface area contributed by atoms with E-state index in [0.29, 0.717) is 15.2 Å². The molecule has 100 valence electrons. The van der Waals surface area contributed by atoms with Gasteiger partial charge >= 0.3 is 5.97 Å². The van der Waals surface area contributed by atoms with Crippen molar-refractivity contribution in [1.82, 2.24) is 4.98 Å². The van der Waals surface area contributed by atoms with E-state index in [-0.39, 0.29) is 10.9 Å². The van der Waals surface area contributed by atoms with Gasteiger partial charge in [-0.1, -0.05) is 40.6 Å². The van der Waals surface area contributed by atoms with Crippen molar-refractivity contribution < 1.29 is 9.90 Å². The maximum absolute atomic E-state index is 10.8. The minimum absolute atomic E-state index is 0.0995. The number of aromatic nitrogens is 1. The lowest BCUT2D eigenvalue weighted by Crippen LogP contribution is -2.06. The number of benzene rings is 1. The molecule has 0 aliphatic carbocycles. The Balaban J connectivity index is 2.15. The average molecular weight is 317 g/mol. The van der Waals surface area contributed by atoms with Gasteiger partial charge < -0.3 is 10.4 Å². The number of carboxylic acid groups (broad SMARTS) is 1. The summed E-state index contributed by atoms with van der Waals surface area (Å²) < 4.78 is 0. The SMILES string of the molecule is CC(Nc1ncc(C(=O)O)s1)c1ccc(Cl)cc1Cl. The van der Waals surface area contributed by atoms with Crippen LogP contribution in [0, 0.1) is 0 Å². The molecule has 0 spiro atoms. The summed E-state index contributed by atoms with van der Waals surface area (Å²) in [6.45, 7) is 1.91. The molecule has 7 heteroatoms. The van der Waals surface area contributed by atoms with Crippen LogP contribution in [0.5, 0.6) is 0 Å². The van der Waals surface area contributed by atoms with E-state index >= 15 is 0 Å². The van der Waals surface area contributed by atoms with Gasteiger partial charge in [-0.05, 0) is 24.6 Å². The van der Waals surface area contributed by atoms with E-state index in [9.17, 15) is 4.79 Å². The molecule has 2 N–H and O–H groups in total. The third-order valence-corrected chi connectivity index (χ3v) is 3.96. The molecule has 1 unspecified atom stereocenters. The van der Waals surface area contributed by atoms with E-state index in [1.165, 1.54) is 6.20 Å². The van der Waals surface area contributed by atoms with Crippen LogP contribution in [0.2, 0.25) is 10.0 Å². The summed E-state index contributed by atoms with van der Waals surface area (Å²) in [6.07, 6.45) is 1.32. The quantitative estimate of drug-likeness (QED) is 0.881. The summed E-state index contributed by atoms with van der Waals surface area (Å²) in [7, 11) is 0. The van der Waals surface area contributed by atoms with E-state index in [4.69, 9.17) is 28.3 Å². The van der Waals surface area contributed by atoms with Crippen molar-refractivity contribution in [3.63, 3.8) is 0 Å². The predicted octanol–water partition coefficient (Wildman–Crippen LogP) is 4.32. The zero-order chi connectivity index (χ0) is 14.0. The maximum Gasteiger partial charge on any atom is 0.347 e. The molecule has 1 aromatic heterocycles. The van der Waals surface area contributed by atoms with Crippen LogP contribution >= 0.6 is 34.5 Å². The van der Waals surface area contributed by atoms with Gasteiger partial charge in [-0.25, -0.2) is 9.78 Å². The first-order chi connectivity index (χ1) is 8.97. The van der Waals surface area contributed by atoms with E-state index in [2.05, 4.69) is 10.3 Å². The lowest BCUT2D eigenvalue weighted by Gasteiger charge is -2.14.